The van der Waals surface area contributed by atoms with Gasteiger partial charge in [0.15, 0.2) is 0 Å². The minimum Gasteiger partial charge on any atom is -0.376 e. The monoisotopic (exact) mass is 261 g/mol. The fraction of sp³-hybridized carbons (Fsp3) is 0.667. The van der Waals surface area contributed by atoms with Crippen LogP contribution in [0.5, 0.6) is 0 Å². The number of hydrogen-bond donors (Lipinski definition) is 1. The zero-order valence-electron chi connectivity index (χ0n) is 8.83. The standard InChI is InChI=1S/C9H12ClN3O2S/c1-15-9(3-2-4-9)5-11-6(14)7-12-13-8(10)16-7/h2-5H2,1H3,(H,11,14). The Morgan fingerprint density at radius 1 is 1.62 bits per heavy atom. The number of amides is 1. The summed E-state index contributed by atoms with van der Waals surface area (Å²) in [6.45, 7) is 0.513. The van der Waals surface area contributed by atoms with Crippen LogP contribution in [0.25, 0.3) is 0 Å². The van der Waals surface area contributed by atoms with Crippen molar-refractivity contribution in [2.24, 2.45) is 0 Å². The molecule has 1 aromatic rings. The van der Waals surface area contributed by atoms with Crippen LogP contribution in [0.4, 0.5) is 0 Å². The smallest absolute Gasteiger partial charge is 0.282 e. The number of ether oxygens (including phenoxy) is 1. The largest absolute Gasteiger partial charge is 0.376 e. The average Bonchev–Trinajstić information content (AvgIpc) is 2.64. The highest BCUT2D eigenvalue weighted by atomic mass is 35.5. The molecule has 0 bridgehead atoms. The third kappa shape index (κ3) is 2.34. The van der Waals surface area contributed by atoms with Gasteiger partial charge in [0.05, 0.1) is 5.60 Å². The highest BCUT2D eigenvalue weighted by Crippen LogP contribution is 2.34. The van der Waals surface area contributed by atoms with Gasteiger partial charge >= 0.3 is 0 Å². The van der Waals surface area contributed by atoms with E-state index in [9.17, 15) is 4.79 Å². The van der Waals surface area contributed by atoms with E-state index in [1.165, 1.54) is 0 Å². The van der Waals surface area contributed by atoms with E-state index in [-0.39, 0.29) is 21.0 Å². The first-order valence-electron chi connectivity index (χ1n) is 4.98. The van der Waals surface area contributed by atoms with Crippen molar-refractivity contribution in [3.05, 3.63) is 9.47 Å². The van der Waals surface area contributed by atoms with Gasteiger partial charge in [0, 0.05) is 13.7 Å². The fourth-order valence-electron chi connectivity index (χ4n) is 1.64. The Balaban J connectivity index is 1.88. The fourth-order valence-corrected chi connectivity index (χ4v) is 2.38. The van der Waals surface area contributed by atoms with Gasteiger partial charge in [-0.25, -0.2) is 0 Å². The summed E-state index contributed by atoms with van der Waals surface area (Å²) in [5.41, 5.74) is -0.176. The van der Waals surface area contributed by atoms with E-state index in [0.29, 0.717) is 6.54 Å². The molecule has 1 aliphatic carbocycles. The Kier molecular flexibility index (Phi) is 3.41. The lowest BCUT2D eigenvalue weighted by molar-refractivity contribution is -0.0679. The molecule has 1 aliphatic rings. The zero-order valence-corrected chi connectivity index (χ0v) is 10.4. The number of carbonyl (C=O) groups is 1. The van der Waals surface area contributed by atoms with Crippen molar-refractivity contribution in [2.75, 3.05) is 13.7 Å². The van der Waals surface area contributed by atoms with E-state index in [1.54, 1.807) is 7.11 Å². The van der Waals surface area contributed by atoms with Crippen LogP contribution >= 0.6 is 22.9 Å². The molecule has 0 aromatic carbocycles. The molecule has 0 unspecified atom stereocenters. The van der Waals surface area contributed by atoms with Gasteiger partial charge in [-0.2, -0.15) is 0 Å². The number of aromatic nitrogens is 2. The van der Waals surface area contributed by atoms with Crippen molar-refractivity contribution in [2.45, 2.75) is 24.9 Å². The molecule has 1 fully saturated rings. The molecular formula is C9H12ClN3O2S. The van der Waals surface area contributed by atoms with Gasteiger partial charge < -0.3 is 10.1 Å². The maximum absolute atomic E-state index is 11.6. The van der Waals surface area contributed by atoms with Gasteiger partial charge in [-0.1, -0.05) is 11.3 Å². The first-order chi connectivity index (χ1) is 7.65. The molecule has 88 valence electrons. The van der Waals surface area contributed by atoms with E-state index in [4.69, 9.17) is 16.3 Å². The number of rotatable bonds is 4. The Morgan fingerprint density at radius 3 is 2.81 bits per heavy atom. The number of nitrogens with one attached hydrogen (secondary N) is 1. The lowest BCUT2D eigenvalue weighted by Crippen LogP contribution is -2.49. The van der Waals surface area contributed by atoms with E-state index in [2.05, 4.69) is 15.5 Å². The summed E-state index contributed by atoms with van der Waals surface area (Å²) in [4.78, 5) is 11.6. The number of hydrogen-bond acceptors (Lipinski definition) is 5. The van der Waals surface area contributed by atoms with E-state index in [1.807, 2.05) is 0 Å². The SMILES string of the molecule is COC1(CNC(=O)c2nnc(Cl)s2)CCC1. The predicted octanol–water partition coefficient (Wildman–Crippen LogP) is 1.49. The van der Waals surface area contributed by atoms with Crippen molar-refractivity contribution in [1.29, 1.82) is 0 Å². The van der Waals surface area contributed by atoms with Crippen LogP contribution in [0.15, 0.2) is 0 Å². The summed E-state index contributed by atoms with van der Waals surface area (Å²) in [6.07, 6.45) is 3.12. The van der Waals surface area contributed by atoms with E-state index in [0.717, 1.165) is 30.6 Å². The molecule has 0 aliphatic heterocycles. The maximum Gasteiger partial charge on any atom is 0.282 e. The van der Waals surface area contributed by atoms with E-state index >= 15 is 0 Å². The lowest BCUT2D eigenvalue weighted by atomic mass is 9.80. The first kappa shape index (κ1) is 11.8. The second kappa shape index (κ2) is 4.65. The third-order valence-corrected chi connectivity index (χ3v) is 3.88. The van der Waals surface area contributed by atoms with Gasteiger partial charge in [0.2, 0.25) is 9.47 Å². The highest BCUT2D eigenvalue weighted by molar-refractivity contribution is 7.17. The molecular weight excluding hydrogens is 250 g/mol. The maximum atomic E-state index is 11.6. The molecule has 1 saturated carbocycles. The summed E-state index contributed by atoms with van der Waals surface area (Å²) in [7, 11) is 1.67. The van der Waals surface area contributed by atoms with Crippen LogP contribution in [0.2, 0.25) is 4.47 Å². The number of halogens is 1. The van der Waals surface area contributed by atoms with Crippen LogP contribution in [-0.2, 0) is 4.74 Å². The Morgan fingerprint density at radius 2 is 2.38 bits per heavy atom. The lowest BCUT2D eigenvalue weighted by Gasteiger charge is -2.40. The normalized spacial score (nSPS) is 17.9. The number of carbonyl (C=O) groups excluding carboxylic acids is 1. The van der Waals surface area contributed by atoms with Gasteiger partial charge in [0.25, 0.3) is 5.91 Å². The van der Waals surface area contributed by atoms with Crippen molar-refractivity contribution in [3.63, 3.8) is 0 Å². The summed E-state index contributed by atoms with van der Waals surface area (Å²) in [6, 6.07) is 0. The quantitative estimate of drug-likeness (QED) is 0.892. The molecule has 0 spiro atoms. The molecule has 7 heteroatoms. The molecule has 1 amide bonds. The van der Waals surface area contributed by atoms with Crippen LogP contribution in [-0.4, -0.2) is 35.4 Å². The molecule has 0 radical (unpaired) electrons. The molecule has 16 heavy (non-hydrogen) atoms. The number of methoxy groups -OCH3 is 1. The van der Waals surface area contributed by atoms with Crippen LogP contribution in [0.3, 0.4) is 0 Å². The second-order valence-corrected chi connectivity index (χ2v) is 5.34. The minimum absolute atomic E-state index is 0.176. The summed E-state index contributed by atoms with van der Waals surface area (Å²) >= 11 is 6.67. The van der Waals surface area contributed by atoms with Crippen molar-refractivity contribution in [1.82, 2.24) is 15.5 Å². The molecule has 1 aromatic heterocycles. The third-order valence-electron chi connectivity index (χ3n) is 2.86. The van der Waals surface area contributed by atoms with Crippen molar-refractivity contribution in [3.8, 4) is 0 Å². The van der Waals surface area contributed by atoms with Gasteiger partial charge in [0.1, 0.15) is 0 Å². The summed E-state index contributed by atoms with van der Waals surface area (Å²) in [5.74, 6) is -0.243. The molecule has 2 rings (SSSR count). The Hall–Kier alpha value is -0.720. The van der Waals surface area contributed by atoms with Gasteiger partial charge in [-0.15, -0.1) is 10.2 Å². The summed E-state index contributed by atoms with van der Waals surface area (Å²) < 4.78 is 5.67. The Labute approximate surface area is 102 Å². The average molecular weight is 262 g/mol. The second-order valence-electron chi connectivity index (χ2n) is 3.78. The van der Waals surface area contributed by atoms with Crippen molar-refractivity contribution < 1.29 is 9.53 Å². The molecule has 1 N–H and O–H groups in total. The first-order valence-corrected chi connectivity index (χ1v) is 6.17. The minimum atomic E-state index is -0.243. The molecule has 5 nitrogen and oxygen atoms in total. The van der Waals surface area contributed by atoms with Crippen LogP contribution in [0, 0.1) is 0 Å². The van der Waals surface area contributed by atoms with E-state index < -0.39 is 0 Å². The molecule has 1 heterocycles. The molecule has 0 atom stereocenters. The van der Waals surface area contributed by atoms with Crippen molar-refractivity contribution >= 4 is 28.8 Å². The van der Waals surface area contributed by atoms with Gasteiger partial charge in [-0.3, -0.25) is 4.79 Å². The van der Waals surface area contributed by atoms with Gasteiger partial charge in [-0.05, 0) is 30.9 Å². The van der Waals surface area contributed by atoms with Crippen LogP contribution in [0.1, 0.15) is 29.1 Å². The summed E-state index contributed by atoms with van der Waals surface area (Å²) in [5, 5.41) is 10.3. The zero-order chi connectivity index (χ0) is 11.6. The highest BCUT2D eigenvalue weighted by Gasteiger charge is 2.37. The Bertz CT molecular complexity index is 386. The number of nitrogens with zero attached hydrogens (tertiary/aromatic N) is 2. The predicted molar refractivity (Wildman–Crippen MR) is 60.8 cm³/mol. The van der Waals surface area contributed by atoms with Crippen LogP contribution < -0.4 is 5.32 Å². The topological polar surface area (TPSA) is 64.1 Å². The molecule has 0 saturated heterocycles.